The molecule has 3 aromatic carbocycles. The molecule has 0 saturated carbocycles. The Kier molecular flexibility index (Phi) is 13.3. The molecule has 0 fully saturated rings. The molecule has 21 heteroatoms. The first-order valence-electron chi connectivity index (χ1n) is 20.0. The summed E-state index contributed by atoms with van der Waals surface area (Å²) in [7, 11) is 4.83. The van der Waals surface area contributed by atoms with Crippen LogP contribution < -0.4 is 32.6 Å². The number of benzene rings is 3. The fraction of sp³-hybridized carbons (Fsp3) is 0.357. The molecule has 6 heterocycles. The Morgan fingerprint density at radius 2 is 0.825 bits per heavy atom. The summed E-state index contributed by atoms with van der Waals surface area (Å²) in [6, 6.07) is 5.95. The van der Waals surface area contributed by atoms with E-state index in [9.17, 15) is 40.7 Å². The number of halogens is 9. The molecule has 3 aromatic heterocycles. The molecular weight excluding hydrogens is 899 g/mol. The second-order valence-electron chi connectivity index (χ2n) is 15.4. The monoisotopic (exact) mass is 939 g/mol. The Morgan fingerprint density at radius 1 is 0.492 bits per heavy atom. The second-order valence-corrected chi connectivity index (χ2v) is 16.4. The molecule has 3 N–H and O–H groups in total. The molecule has 0 spiro atoms. The summed E-state index contributed by atoms with van der Waals surface area (Å²) in [6.45, 7) is 3.50. The zero-order valence-corrected chi connectivity index (χ0v) is 36.6. The van der Waals surface area contributed by atoms with Crippen molar-refractivity contribution in [3.8, 4) is 33.4 Å². The van der Waals surface area contributed by atoms with E-state index in [1.807, 2.05) is 0 Å². The zero-order valence-electron chi connectivity index (χ0n) is 34.3. The van der Waals surface area contributed by atoms with Crippen LogP contribution in [0.4, 0.5) is 43.4 Å². The molecule has 63 heavy (non-hydrogen) atoms. The average molecular weight is 941 g/mol. The summed E-state index contributed by atoms with van der Waals surface area (Å²) < 4.78 is 92.3. The van der Waals surface area contributed by atoms with E-state index in [1.165, 1.54) is 38.1 Å². The molecule has 0 aliphatic carbocycles. The lowest BCUT2D eigenvalue weighted by atomic mass is 10.1. The Bertz CT molecular complexity index is 2930. The number of aromatic nitrogens is 6. The molecule has 0 amide bonds. The van der Waals surface area contributed by atoms with Crippen LogP contribution >= 0.6 is 34.8 Å². The third kappa shape index (κ3) is 8.40. The van der Waals surface area contributed by atoms with Crippen LogP contribution in [0, 0.1) is 34.9 Å². The van der Waals surface area contributed by atoms with Crippen LogP contribution in [0.25, 0.3) is 33.4 Å². The number of nitrogens with zero attached hydrogens (tertiary/aromatic N) is 7. The highest BCUT2D eigenvalue weighted by Crippen LogP contribution is 2.35. The molecule has 0 unspecified atom stereocenters. The van der Waals surface area contributed by atoms with Crippen molar-refractivity contribution in [3.05, 3.63) is 118 Å². The van der Waals surface area contributed by atoms with Crippen LogP contribution in [0.2, 0.25) is 15.5 Å². The highest BCUT2D eigenvalue weighted by Gasteiger charge is 2.28. The van der Waals surface area contributed by atoms with Gasteiger partial charge in [0.05, 0.1) is 33.8 Å². The van der Waals surface area contributed by atoms with Crippen molar-refractivity contribution in [1.29, 1.82) is 0 Å². The van der Waals surface area contributed by atoms with Crippen LogP contribution in [0.1, 0.15) is 38.5 Å². The Morgan fingerprint density at radius 3 is 1.19 bits per heavy atom. The quantitative estimate of drug-likeness (QED) is 0.132. The molecule has 3 aliphatic heterocycles. The maximum Gasteiger partial charge on any atom is 0.276 e. The Hall–Kier alpha value is -5.46. The third-order valence-electron chi connectivity index (χ3n) is 11.2. The van der Waals surface area contributed by atoms with Gasteiger partial charge in [-0.1, -0.05) is 34.8 Å². The maximum absolute atomic E-state index is 14.2. The predicted octanol–water partition coefficient (Wildman–Crippen LogP) is 8.82. The summed E-state index contributed by atoms with van der Waals surface area (Å²) in [5, 5.41) is 3.21. The van der Waals surface area contributed by atoms with Crippen LogP contribution in [-0.2, 0) is 39.3 Å². The highest BCUT2D eigenvalue weighted by atomic mass is 35.5. The van der Waals surface area contributed by atoms with Crippen LogP contribution in [-0.4, -0.2) is 49.2 Å². The number of nitrogens with one attached hydrogen (secondary N) is 1. The van der Waals surface area contributed by atoms with Gasteiger partial charge in [0.25, 0.3) is 16.7 Å². The summed E-state index contributed by atoms with van der Waals surface area (Å²) >= 11 is 18.7. The first kappa shape index (κ1) is 45.6. The van der Waals surface area contributed by atoms with Gasteiger partial charge in [0, 0.05) is 95.3 Å². The van der Waals surface area contributed by atoms with Gasteiger partial charge >= 0.3 is 0 Å². The lowest BCUT2D eigenvalue weighted by molar-refractivity contribution is 0.356. The van der Waals surface area contributed by atoms with Gasteiger partial charge in [-0.2, -0.15) is 0 Å². The number of nitrogens with two attached hydrogens (primary N) is 1. The van der Waals surface area contributed by atoms with Crippen LogP contribution in [0.15, 0.2) is 50.8 Å². The van der Waals surface area contributed by atoms with E-state index in [2.05, 4.69) is 5.32 Å². The molecule has 0 saturated heterocycles. The first-order chi connectivity index (χ1) is 30.0. The summed E-state index contributed by atoms with van der Waals surface area (Å²) in [5.74, 6) is -4.67. The predicted molar refractivity (Wildman–Crippen MR) is 233 cm³/mol. The third-order valence-corrected chi connectivity index (χ3v) is 12.4. The smallest absolute Gasteiger partial charge is 0.276 e. The van der Waals surface area contributed by atoms with E-state index in [0.717, 1.165) is 56.7 Å². The molecule has 6 aromatic rings. The zero-order chi connectivity index (χ0) is 45.6. The topological polar surface area (TPSA) is 122 Å². The number of rotatable bonds is 5. The van der Waals surface area contributed by atoms with Crippen molar-refractivity contribution in [2.45, 2.75) is 77.8 Å². The molecule has 3 aliphatic rings. The lowest BCUT2D eigenvalue weighted by Gasteiger charge is -2.17. The second kappa shape index (κ2) is 18.3. The van der Waals surface area contributed by atoms with E-state index < -0.39 is 34.9 Å². The minimum absolute atomic E-state index is 0.0187. The Labute approximate surface area is 371 Å². The van der Waals surface area contributed by atoms with Crippen molar-refractivity contribution in [3.63, 3.8) is 0 Å². The van der Waals surface area contributed by atoms with Gasteiger partial charge in [-0.15, -0.1) is 0 Å². The van der Waals surface area contributed by atoms with Gasteiger partial charge < -0.3 is 16.0 Å². The van der Waals surface area contributed by atoms with Crippen LogP contribution in [0.5, 0.6) is 0 Å². The van der Waals surface area contributed by atoms with Gasteiger partial charge in [0.1, 0.15) is 50.4 Å². The Balaban J connectivity index is 0.000000142. The fourth-order valence-electron chi connectivity index (χ4n) is 8.02. The van der Waals surface area contributed by atoms with E-state index in [-0.39, 0.29) is 82.6 Å². The molecular formula is C42H42Cl3F6N9O3. The molecule has 0 bridgehead atoms. The standard InChI is InChI=1S/C15H16ClF2N3O.C14H14ClF2N3O.C13H12ClF2N3O/c1-19(2)12-7-9(10(17)8-11(12)18)13-14(16)20-5-3-4-6-21(20)15(13)22;1-18-11-6-8(9(16)7-10(11)17)12-13(15)19-4-2-3-5-20(19)14(12)21;14-12-11(7-5-10(17)9(16)6-8(7)15)13(20)19-4-2-1-3-18(12)19/h7-8H,3-6H2,1-2H3;6-7,18H,2-5H2,1H3;5-6H,1-4,17H2. The largest absolute Gasteiger partial charge is 0.396 e. The van der Waals surface area contributed by atoms with Gasteiger partial charge in [-0.05, 0) is 56.7 Å². The van der Waals surface area contributed by atoms with Crippen LogP contribution in [0.3, 0.4) is 0 Å². The minimum atomic E-state index is -0.855. The van der Waals surface area contributed by atoms with Gasteiger partial charge in [0.2, 0.25) is 0 Å². The number of hydrogen-bond acceptors (Lipinski definition) is 6. The fourth-order valence-corrected chi connectivity index (χ4v) is 9.09. The molecule has 12 nitrogen and oxygen atoms in total. The lowest BCUT2D eigenvalue weighted by Crippen LogP contribution is -2.27. The van der Waals surface area contributed by atoms with E-state index in [0.29, 0.717) is 45.3 Å². The normalized spacial score (nSPS) is 14.2. The van der Waals surface area contributed by atoms with E-state index in [4.69, 9.17) is 40.5 Å². The summed E-state index contributed by atoms with van der Waals surface area (Å²) in [6.07, 6.45) is 5.38. The summed E-state index contributed by atoms with van der Waals surface area (Å²) in [5.41, 5.74) is 4.74. The van der Waals surface area contributed by atoms with Gasteiger partial charge in [-0.25, -0.2) is 40.4 Å². The van der Waals surface area contributed by atoms with Crippen molar-refractivity contribution in [2.24, 2.45) is 0 Å². The maximum atomic E-state index is 14.2. The number of anilines is 3. The first-order valence-corrected chi connectivity index (χ1v) is 21.2. The van der Waals surface area contributed by atoms with E-state index in [1.54, 1.807) is 28.1 Å². The minimum Gasteiger partial charge on any atom is -0.396 e. The van der Waals surface area contributed by atoms with Gasteiger partial charge in [-0.3, -0.25) is 28.4 Å². The average Bonchev–Trinajstić information content (AvgIpc) is 3.77. The number of fused-ring (bicyclic) bond motifs is 3. The molecule has 0 atom stereocenters. The SMILES string of the molecule is CN(C)c1cc(-c2c(Cl)n3n(c2=O)CCCC3)c(F)cc1F.CNc1cc(-c2c(Cl)n3n(c2=O)CCCC3)c(F)cc1F.Nc1cc(-c2c(Cl)n3n(c2=O)CCCC3)c(F)cc1F. The number of hydrogen-bond donors (Lipinski definition) is 2. The summed E-state index contributed by atoms with van der Waals surface area (Å²) in [4.78, 5) is 38.9. The molecule has 0 radical (unpaired) electrons. The van der Waals surface area contributed by atoms with Crippen molar-refractivity contribution in [2.75, 3.05) is 37.1 Å². The highest BCUT2D eigenvalue weighted by molar-refractivity contribution is 6.33. The van der Waals surface area contributed by atoms with Crippen molar-refractivity contribution < 1.29 is 26.3 Å². The molecule has 336 valence electrons. The van der Waals surface area contributed by atoms with Gasteiger partial charge in [0.15, 0.2) is 0 Å². The number of nitrogen functional groups attached to an aromatic ring is 1. The van der Waals surface area contributed by atoms with Crippen molar-refractivity contribution in [1.82, 2.24) is 28.1 Å². The van der Waals surface area contributed by atoms with E-state index >= 15 is 0 Å². The van der Waals surface area contributed by atoms with Crippen molar-refractivity contribution >= 4 is 51.9 Å². The molecule has 9 rings (SSSR count).